The maximum atomic E-state index is 12.1. The predicted molar refractivity (Wildman–Crippen MR) is 77.4 cm³/mol. The van der Waals surface area contributed by atoms with Crippen molar-refractivity contribution in [3.8, 4) is 0 Å². The minimum Gasteiger partial charge on any atom is -0.393 e. The average Bonchev–Trinajstić information content (AvgIpc) is 2.97. The van der Waals surface area contributed by atoms with E-state index in [0.29, 0.717) is 25.1 Å². The fraction of sp³-hybridized carbons (Fsp3) is 0.933. The van der Waals surface area contributed by atoms with Gasteiger partial charge >= 0.3 is 0 Å². The predicted octanol–water partition coefficient (Wildman–Crippen LogP) is 0.763. The van der Waals surface area contributed by atoms with E-state index in [1.807, 2.05) is 6.92 Å². The Kier molecular flexibility index (Phi) is 5.81. The van der Waals surface area contributed by atoms with E-state index in [1.54, 1.807) is 7.11 Å². The molecule has 0 aromatic heterocycles. The van der Waals surface area contributed by atoms with Gasteiger partial charge in [-0.1, -0.05) is 6.42 Å². The van der Waals surface area contributed by atoms with Gasteiger partial charge in [-0.2, -0.15) is 0 Å². The summed E-state index contributed by atoms with van der Waals surface area (Å²) in [5.74, 6) is 0.427. The largest absolute Gasteiger partial charge is 0.393 e. The summed E-state index contributed by atoms with van der Waals surface area (Å²) in [6, 6.07) is 0.432. The summed E-state index contributed by atoms with van der Waals surface area (Å²) in [7, 11) is 1.64. The van der Waals surface area contributed by atoms with Crippen molar-refractivity contribution in [1.82, 2.24) is 10.2 Å². The van der Waals surface area contributed by atoms with E-state index >= 15 is 0 Å². The van der Waals surface area contributed by atoms with Gasteiger partial charge in [-0.25, -0.2) is 0 Å². The van der Waals surface area contributed by atoms with Crippen LogP contribution in [-0.2, 0) is 9.53 Å². The second kappa shape index (κ2) is 7.38. The normalized spacial score (nSPS) is 32.5. The van der Waals surface area contributed by atoms with Crippen molar-refractivity contribution in [1.29, 1.82) is 0 Å². The Morgan fingerprint density at radius 2 is 2.20 bits per heavy atom. The van der Waals surface area contributed by atoms with E-state index in [9.17, 15) is 9.90 Å². The van der Waals surface area contributed by atoms with E-state index in [-0.39, 0.29) is 18.1 Å². The van der Waals surface area contributed by atoms with Gasteiger partial charge in [0.05, 0.1) is 19.3 Å². The van der Waals surface area contributed by atoms with E-state index in [4.69, 9.17) is 4.74 Å². The molecule has 1 heterocycles. The molecule has 1 amide bonds. The molecule has 0 aromatic carbocycles. The van der Waals surface area contributed by atoms with Crippen LogP contribution in [0.1, 0.15) is 39.0 Å². The maximum Gasteiger partial charge on any atom is 0.234 e. The molecule has 1 aliphatic heterocycles. The topological polar surface area (TPSA) is 61.8 Å². The third-order valence-corrected chi connectivity index (χ3v) is 4.61. The first-order valence-corrected chi connectivity index (χ1v) is 7.82. The Morgan fingerprint density at radius 1 is 1.40 bits per heavy atom. The van der Waals surface area contributed by atoms with Gasteiger partial charge in [-0.3, -0.25) is 9.69 Å². The number of methoxy groups -OCH3 is 1. The summed E-state index contributed by atoms with van der Waals surface area (Å²) in [5.41, 5.74) is 0. The van der Waals surface area contributed by atoms with Crippen LogP contribution in [0.5, 0.6) is 0 Å². The highest BCUT2D eigenvalue weighted by atomic mass is 16.5. The molecule has 5 heteroatoms. The number of aliphatic hydroxyl groups is 1. The number of nitrogens with one attached hydrogen (secondary N) is 1. The van der Waals surface area contributed by atoms with Gasteiger partial charge in [0.25, 0.3) is 0 Å². The zero-order valence-electron chi connectivity index (χ0n) is 12.7. The van der Waals surface area contributed by atoms with E-state index < -0.39 is 0 Å². The molecule has 2 N–H and O–H groups in total. The van der Waals surface area contributed by atoms with Gasteiger partial charge in [0.15, 0.2) is 0 Å². The third kappa shape index (κ3) is 3.93. The van der Waals surface area contributed by atoms with Crippen molar-refractivity contribution in [2.45, 2.75) is 57.2 Å². The molecule has 5 nitrogen and oxygen atoms in total. The lowest BCUT2D eigenvalue weighted by molar-refractivity contribution is -0.123. The first-order valence-electron chi connectivity index (χ1n) is 7.82. The van der Waals surface area contributed by atoms with Gasteiger partial charge in [-0.05, 0) is 39.2 Å². The van der Waals surface area contributed by atoms with Crippen molar-refractivity contribution >= 4 is 5.91 Å². The molecule has 4 atom stereocenters. The second-order valence-electron chi connectivity index (χ2n) is 6.27. The molecule has 116 valence electrons. The molecule has 4 unspecified atom stereocenters. The Morgan fingerprint density at radius 3 is 2.85 bits per heavy atom. The fourth-order valence-corrected chi connectivity index (χ4v) is 3.75. The van der Waals surface area contributed by atoms with E-state index in [1.165, 1.54) is 0 Å². The maximum absolute atomic E-state index is 12.1. The Hall–Kier alpha value is -0.650. The standard InChI is InChI=1S/C15H28N2O3/c1-11(10-20-2)16-15(19)9-17-8-4-6-13(17)12-5-3-7-14(12)18/h11-14,18H,3-10H2,1-2H3,(H,16,19). The number of hydrogen-bond donors (Lipinski definition) is 2. The van der Waals surface area contributed by atoms with Crippen LogP contribution in [0.3, 0.4) is 0 Å². The summed E-state index contributed by atoms with van der Waals surface area (Å²) >= 11 is 0. The second-order valence-corrected chi connectivity index (χ2v) is 6.27. The molecule has 2 fully saturated rings. The van der Waals surface area contributed by atoms with Crippen LogP contribution in [0.25, 0.3) is 0 Å². The molecule has 0 radical (unpaired) electrons. The lowest BCUT2D eigenvalue weighted by atomic mass is 9.94. The molecule has 0 aromatic rings. The quantitative estimate of drug-likeness (QED) is 0.756. The number of aliphatic hydroxyl groups excluding tert-OH is 1. The van der Waals surface area contributed by atoms with Crippen LogP contribution in [0.15, 0.2) is 0 Å². The molecular formula is C15H28N2O3. The van der Waals surface area contributed by atoms with Crippen molar-refractivity contribution in [2.24, 2.45) is 5.92 Å². The molecular weight excluding hydrogens is 256 g/mol. The van der Waals surface area contributed by atoms with Crippen molar-refractivity contribution in [3.63, 3.8) is 0 Å². The highest BCUT2D eigenvalue weighted by Gasteiger charge is 2.38. The Bertz CT molecular complexity index is 324. The number of amides is 1. The van der Waals surface area contributed by atoms with Crippen LogP contribution in [0.4, 0.5) is 0 Å². The number of rotatable bonds is 6. The minimum atomic E-state index is -0.170. The molecule has 1 saturated carbocycles. The summed E-state index contributed by atoms with van der Waals surface area (Å²) in [4.78, 5) is 14.3. The van der Waals surface area contributed by atoms with Crippen LogP contribution >= 0.6 is 0 Å². The lowest BCUT2D eigenvalue weighted by Gasteiger charge is -2.31. The third-order valence-electron chi connectivity index (χ3n) is 4.61. The molecule has 1 saturated heterocycles. The summed E-state index contributed by atoms with van der Waals surface area (Å²) in [6.07, 6.45) is 5.22. The fourth-order valence-electron chi connectivity index (χ4n) is 3.75. The molecule has 2 aliphatic rings. The monoisotopic (exact) mass is 284 g/mol. The van der Waals surface area contributed by atoms with Crippen molar-refractivity contribution in [3.05, 3.63) is 0 Å². The number of carbonyl (C=O) groups is 1. The number of nitrogens with zero attached hydrogens (tertiary/aromatic N) is 1. The van der Waals surface area contributed by atoms with Crippen molar-refractivity contribution in [2.75, 3.05) is 26.8 Å². The van der Waals surface area contributed by atoms with Crippen LogP contribution in [0, 0.1) is 5.92 Å². The zero-order chi connectivity index (χ0) is 14.5. The van der Waals surface area contributed by atoms with Gasteiger partial charge in [-0.15, -0.1) is 0 Å². The highest BCUT2D eigenvalue weighted by Crippen LogP contribution is 2.35. The Labute approximate surface area is 121 Å². The molecule has 2 rings (SSSR count). The highest BCUT2D eigenvalue weighted by molar-refractivity contribution is 5.78. The SMILES string of the molecule is COCC(C)NC(=O)CN1CCCC1C1CCCC1O. The van der Waals surface area contributed by atoms with Crippen LogP contribution in [-0.4, -0.2) is 60.9 Å². The minimum absolute atomic E-state index is 0.0469. The number of likely N-dealkylation sites (tertiary alicyclic amines) is 1. The van der Waals surface area contributed by atoms with Crippen molar-refractivity contribution < 1.29 is 14.6 Å². The first-order chi connectivity index (χ1) is 9.61. The summed E-state index contributed by atoms with van der Waals surface area (Å²) in [6.45, 7) is 3.90. The summed E-state index contributed by atoms with van der Waals surface area (Å²) in [5, 5.41) is 13.0. The molecule has 0 bridgehead atoms. The van der Waals surface area contributed by atoms with E-state index in [2.05, 4.69) is 10.2 Å². The molecule has 0 spiro atoms. The average molecular weight is 284 g/mol. The van der Waals surface area contributed by atoms with Gasteiger partial charge < -0.3 is 15.2 Å². The lowest BCUT2D eigenvalue weighted by Crippen LogP contribution is -2.46. The zero-order valence-corrected chi connectivity index (χ0v) is 12.7. The van der Waals surface area contributed by atoms with Crippen LogP contribution < -0.4 is 5.32 Å². The number of carbonyl (C=O) groups excluding carboxylic acids is 1. The smallest absolute Gasteiger partial charge is 0.234 e. The molecule has 1 aliphatic carbocycles. The van der Waals surface area contributed by atoms with Gasteiger partial charge in [0, 0.05) is 25.1 Å². The summed E-state index contributed by atoms with van der Waals surface area (Å²) < 4.78 is 5.03. The van der Waals surface area contributed by atoms with E-state index in [0.717, 1.165) is 38.6 Å². The van der Waals surface area contributed by atoms with Gasteiger partial charge in [0.2, 0.25) is 5.91 Å². The van der Waals surface area contributed by atoms with Gasteiger partial charge in [0.1, 0.15) is 0 Å². The number of ether oxygens (including phenoxy) is 1. The number of hydrogen-bond acceptors (Lipinski definition) is 4. The molecule has 20 heavy (non-hydrogen) atoms. The first kappa shape index (κ1) is 15.7. The Balaban J connectivity index is 1.83. The van der Waals surface area contributed by atoms with Crippen LogP contribution in [0.2, 0.25) is 0 Å².